The Morgan fingerprint density at radius 3 is 2.71 bits per heavy atom. The molecule has 1 aliphatic rings. The number of carbonyl (C=O) groups excluding carboxylic acids is 2. The Labute approximate surface area is 236 Å². The average molecular weight is 565 g/mol. The minimum atomic E-state index is -0.204. The van der Waals surface area contributed by atoms with Crippen LogP contribution in [0.4, 0.5) is 5.82 Å². The van der Waals surface area contributed by atoms with E-state index in [0.717, 1.165) is 39.4 Å². The predicted octanol–water partition coefficient (Wildman–Crippen LogP) is 6.65. The first kappa shape index (κ1) is 26.5. The van der Waals surface area contributed by atoms with Gasteiger partial charge < -0.3 is 5.32 Å². The molecule has 3 heterocycles. The molecule has 196 valence electrons. The zero-order chi connectivity index (χ0) is 26.8. The Morgan fingerprint density at radius 2 is 2.00 bits per heavy atom. The van der Waals surface area contributed by atoms with Crippen LogP contribution in [0.5, 0.6) is 0 Å². The maximum absolute atomic E-state index is 13.7. The van der Waals surface area contributed by atoms with E-state index in [2.05, 4.69) is 5.32 Å². The highest BCUT2D eigenvalue weighted by Gasteiger charge is 2.38. The van der Waals surface area contributed by atoms with Crippen LogP contribution in [0.3, 0.4) is 0 Å². The summed E-state index contributed by atoms with van der Waals surface area (Å²) in [5.41, 5.74) is 4.58. The van der Waals surface area contributed by atoms with Gasteiger partial charge in [0, 0.05) is 16.6 Å². The van der Waals surface area contributed by atoms with E-state index < -0.39 is 0 Å². The van der Waals surface area contributed by atoms with Gasteiger partial charge in [0.05, 0.1) is 21.6 Å². The third-order valence-electron chi connectivity index (χ3n) is 6.66. The van der Waals surface area contributed by atoms with E-state index in [4.69, 9.17) is 16.7 Å². The Hall–Kier alpha value is -3.07. The molecular weight excluding hydrogens is 536 g/mol. The second-order valence-electron chi connectivity index (χ2n) is 9.36. The lowest BCUT2D eigenvalue weighted by Gasteiger charge is -2.24. The quantitative estimate of drug-likeness (QED) is 0.273. The number of thioether (sulfide) groups is 1. The van der Waals surface area contributed by atoms with Gasteiger partial charge in [0.15, 0.2) is 0 Å². The van der Waals surface area contributed by atoms with Crippen LogP contribution in [0.25, 0.3) is 16.3 Å². The number of para-hydroxylation sites is 1. The van der Waals surface area contributed by atoms with Crippen molar-refractivity contribution in [2.45, 2.75) is 38.5 Å². The number of hydrogen-bond donors (Lipinski definition) is 1. The van der Waals surface area contributed by atoms with Crippen molar-refractivity contribution in [2.75, 3.05) is 17.2 Å². The number of nitrogens with zero attached hydrogens (tertiary/aromatic N) is 3. The Kier molecular flexibility index (Phi) is 7.93. The van der Waals surface area contributed by atoms with Crippen LogP contribution in [0.15, 0.2) is 66.0 Å². The molecule has 2 atom stereocenters. The van der Waals surface area contributed by atoms with Crippen molar-refractivity contribution < 1.29 is 9.59 Å². The molecule has 0 saturated carbocycles. The zero-order valence-corrected chi connectivity index (χ0v) is 23.9. The number of fused-ring (bicyclic) bond motifs is 1. The van der Waals surface area contributed by atoms with E-state index in [9.17, 15) is 9.59 Å². The van der Waals surface area contributed by atoms with Crippen molar-refractivity contribution in [3.05, 3.63) is 87.8 Å². The molecule has 1 N–H and O–H groups in total. The molecule has 0 aliphatic carbocycles. The van der Waals surface area contributed by atoms with E-state index in [-0.39, 0.29) is 35.4 Å². The average Bonchev–Trinajstić information content (AvgIpc) is 3.53. The maximum Gasteiger partial charge on any atom is 0.240 e. The van der Waals surface area contributed by atoms with Crippen molar-refractivity contribution in [3.63, 3.8) is 0 Å². The molecule has 4 aromatic rings. The molecule has 0 unspecified atom stereocenters. The van der Waals surface area contributed by atoms with Gasteiger partial charge in [-0.25, -0.2) is 4.68 Å². The van der Waals surface area contributed by atoms with Gasteiger partial charge in [-0.15, -0.1) is 23.1 Å². The van der Waals surface area contributed by atoms with E-state index in [1.807, 2.05) is 91.5 Å². The first-order valence-corrected chi connectivity index (χ1v) is 14.9. The fraction of sp³-hybridized carbons (Fsp3) is 0.276. The Balaban J connectivity index is 1.78. The summed E-state index contributed by atoms with van der Waals surface area (Å²) in [6.07, 6.45) is 0.807. The largest absolute Gasteiger partial charge is 0.352 e. The first-order valence-electron chi connectivity index (χ1n) is 12.6. The van der Waals surface area contributed by atoms with Gasteiger partial charge in [-0.3, -0.25) is 14.5 Å². The van der Waals surface area contributed by atoms with Crippen LogP contribution in [-0.4, -0.2) is 39.9 Å². The SMILES string of the molecule is CC[C@@H](C)NC(=O)CN1C(=O)CS[C@H](c2cccc(Cl)c2)c2c(-c3cccs3)nn(-c3ccccc3C)c21. The third-order valence-corrected chi connectivity index (χ3v) is 9.03. The van der Waals surface area contributed by atoms with E-state index >= 15 is 0 Å². The molecule has 0 bridgehead atoms. The molecule has 2 aromatic carbocycles. The smallest absolute Gasteiger partial charge is 0.240 e. The van der Waals surface area contributed by atoms with Crippen molar-refractivity contribution in [2.24, 2.45) is 0 Å². The fourth-order valence-corrected chi connectivity index (χ4v) is 6.69. The number of aryl methyl sites for hydroxylation is 1. The van der Waals surface area contributed by atoms with E-state index in [1.54, 1.807) is 16.2 Å². The predicted molar refractivity (Wildman–Crippen MR) is 158 cm³/mol. The van der Waals surface area contributed by atoms with Crippen molar-refractivity contribution in [3.8, 4) is 16.3 Å². The number of amides is 2. The van der Waals surface area contributed by atoms with Gasteiger partial charge in [0.2, 0.25) is 11.8 Å². The van der Waals surface area contributed by atoms with Gasteiger partial charge in [-0.2, -0.15) is 5.10 Å². The maximum atomic E-state index is 13.7. The lowest BCUT2D eigenvalue weighted by atomic mass is 10.0. The number of nitrogens with one attached hydrogen (secondary N) is 1. The monoisotopic (exact) mass is 564 g/mol. The molecule has 1 aliphatic heterocycles. The summed E-state index contributed by atoms with van der Waals surface area (Å²) in [6.45, 7) is 5.92. The molecule has 0 fully saturated rings. The van der Waals surface area contributed by atoms with Crippen molar-refractivity contribution in [1.82, 2.24) is 15.1 Å². The number of anilines is 1. The molecule has 5 rings (SSSR count). The number of halogens is 1. The number of benzene rings is 2. The highest BCUT2D eigenvalue weighted by molar-refractivity contribution is 8.00. The Bertz CT molecular complexity index is 1470. The standard InChI is InChI=1S/C29H29ClN4O2S2/c1-4-19(3)31-24(35)16-33-25(36)17-38-28(20-10-7-11-21(30)15-20)26-27(23-13-8-14-37-23)32-34(29(26)33)22-12-6-5-9-18(22)2/h5-15,19,28H,4,16-17H2,1-3H3,(H,31,35)/t19-,28-/m1/s1. The van der Waals surface area contributed by atoms with Gasteiger partial charge in [-0.1, -0.05) is 54.9 Å². The summed E-state index contributed by atoms with van der Waals surface area (Å²) >= 11 is 9.57. The second kappa shape index (κ2) is 11.4. The fourth-order valence-electron chi connectivity index (χ4n) is 4.58. The van der Waals surface area contributed by atoms with Crippen LogP contribution in [0, 0.1) is 6.92 Å². The summed E-state index contributed by atoms with van der Waals surface area (Å²) in [5.74, 6) is 0.523. The van der Waals surface area contributed by atoms with E-state index in [1.165, 1.54) is 11.8 Å². The van der Waals surface area contributed by atoms with Crippen molar-refractivity contribution >= 4 is 52.3 Å². The van der Waals surface area contributed by atoms with Crippen LogP contribution >= 0.6 is 34.7 Å². The number of carbonyl (C=O) groups is 2. The normalized spacial score (nSPS) is 16.2. The number of hydrogen-bond acceptors (Lipinski definition) is 5. The molecule has 0 spiro atoms. The molecule has 0 radical (unpaired) electrons. The lowest BCUT2D eigenvalue weighted by molar-refractivity contribution is -0.123. The number of aromatic nitrogens is 2. The van der Waals surface area contributed by atoms with Crippen LogP contribution in [0.1, 0.15) is 42.2 Å². The highest BCUT2D eigenvalue weighted by atomic mass is 35.5. The van der Waals surface area contributed by atoms with Crippen LogP contribution in [0.2, 0.25) is 5.02 Å². The van der Waals surface area contributed by atoms with E-state index in [0.29, 0.717) is 10.8 Å². The lowest BCUT2D eigenvalue weighted by Crippen LogP contribution is -2.44. The van der Waals surface area contributed by atoms with Crippen LogP contribution in [-0.2, 0) is 9.59 Å². The Morgan fingerprint density at radius 1 is 1.18 bits per heavy atom. The molecule has 0 saturated heterocycles. The summed E-state index contributed by atoms with van der Waals surface area (Å²) < 4.78 is 1.84. The van der Waals surface area contributed by atoms with Gasteiger partial charge in [0.1, 0.15) is 18.1 Å². The summed E-state index contributed by atoms with van der Waals surface area (Å²) in [5, 5.41) is 10.6. The van der Waals surface area contributed by atoms with Crippen LogP contribution < -0.4 is 10.2 Å². The highest BCUT2D eigenvalue weighted by Crippen LogP contribution is 2.49. The topological polar surface area (TPSA) is 67.2 Å². The molecule has 38 heavy (non-hydrogen) atoms. The summed E-state index contributed by atoms with van der Waals surface area (Å²) in [4.78, 5) is 29.5. The minimum absolute atomic E-state index is 0.0144. The minimum Gasteiger partial charge on any atom is -0.352 e. The van der Waals surface area contributed by atoms with Gasteiger partial charge in [0.25, 0.3) is 0 Å². The number of thiophene rings is 1. The number of rotatable bonds is 7. The first-order chi connectivity index (χ1) is 18.4. The molecular formula is C29H29ClN4O2S2. The molecule has 9 heteroatoms. The van der Waals surface area contributed by atoms with Gasteiger partial charge in [-0.05, 0) is 61.0 Å². The summed E-state index contributed by atoms with van der Waals surface area (Å²) in [7, 11) is 0. The zero-order valence-electron chi connectivity index (χ0n) is 21.5. The third kappa shape index (κ3) is 5.25. The molecule has 2 aromatic heterocycles. The second-order valence-corrected chi connectivity index (χ2v) is 11.8. The van der Waals surface area contributed by atoms with Crippen molar-refractivity contribution in [1.29, 1.82) is 0 Å². The summed E-state index contributed by atoms with van der Waals surface area (Å²) in [6, 6.07) is 19.8. The molecule has 6 nitrogen and oxygen atoms in total. The molecule has 2 amide bonds. The van der Waals surface area contributed by atoms with Gasteiger partial charge >= 0.3 is 0 Å².